The minimum absolute atomic E-state index is 0.311. The van der Waals surface area contributed by atoms with Crippen molar-refractivity contribution >= 4 is 5.91 Å². The van der Waals surface area contributed by atoms with Crippen LogP contribution in [-0.2, 0) is 4.79 Å². The van der Waals surface area contributed by atoms with Crippen LogP contribution in [0.5, 0.6) is 0 Å². The predicted octanol–water partition coefficient (Wildman–Crippen LogP) is 1.78. The lowest BCUT2D eigenvalue weighted by Crippen LogP contribution is -2.37. The molecular weight excluding hydrogens is 188 g/mol. The summed E-state index contributed by atoms with van der Waals surface area (Å²) in [7, 11) is 0. The van der Waals surface area contributed by atoms with Crippen LogP contribution in [0, 0.1) is 0 Å². The first kappa shape index (κ1) is 12.5. The zero-order valence-electron chi connectivity index (χ0n) is 10.1. The van der Waals surface area contributed by atoms with E-state index in [0.29, 0.717) is 18.4 Å². The number of likely N-dealkylation sites (tertiary alicyclic amines) is 1. The summed E-state index contributed by atoms with van der Waals surface area (Å²) < 4.78 is 0. The minimum atomic E-state index is 0.311. The molecule has 0 radical (unpaired) electrons. The van der Waals surface area contributed by atoms with E-state index in [1.807, 2.05) is 4.90 Å². The molecule has 1 N–H and O–H groups in total. The molecular formula is C12H24N2O. The average molecular weight is 212 g/mol. The Hall–Kier alpha value is -0.570. The second-order valence-electron chi connectivity index (χ2n) is 4.46. The number of nitrogens with zero attached hydrogens (tertiary/aromatic N) is 1. The predicted molar refractivity (Wildman–Crippen MR) is 62.8 cm³/mol. The van der Waals surface area contributed by atoms with Crippen LogP contribution >= 0.6 is 0 Å². The molecule has 0 saturated carbocycles. The van der Waals surface area contributed by atoms with Crippen LogP contribution in [-0.4, -0.2) is 36.5 Å². The van der Waals surface area contributed by atoms with E-state index >= 15 is 0 Å². The molecule has 1 aliphatic heterocycles. The number of carbonyl (C=O) groups is 1. The van der Waals surface area contributed by atoms with Gasteiger partial charge in [-0.3, -0.25) is 4.79 Å². The molecule has 1 unspecified atom stereocenters. The van der Waals surface area contributed by atoms with Gasteiger partial charge in [-0.15, -0.1) is 0 Å². The molecule has 1 heterocycles. The molecule has 3 heteroatoms. The van der Waals surface area contributed by atoms with Crippen LogP contribution < -0.4 is 5.32 Å². The van der Waals surface area contributed by atoms with Gasteiger partial charge in [0.2, 0.25) is 5.91 Å². The highest BCUT2D eigenvalue weighted by atomic mass is 16.2. The molecule has 1 aliphatic rings. The average Bonchev–Trinajstić information content (AvgIpc) is 2.45. The van der Waals surface area contributed by atoms with Gasteiger partial charge in [-0.1, -0.05) is 19.8 Å². The van der Waals surface area contributed by atoms with Gasteiger partial charge in [-0.25, -0.2) is 0 Å². The molecule has 0 bridgehead atoms. The number of rotatable bonds is 4. The Bertz CT molecular complexity index is 186. The zero-order valence-corrected chi connectivity index (χ0v) is 10.1. The van der Waals surface area contributed by atoms with Gasteiger partial charge in [0, 0.05) is 25.6 Å². The van der Waals surface area contributed by atoms with Gasteiger partial charge in [-0.05, 0) is 26.3 Å². The van der Waals surface area contributed by atoms with Gasteiger partial charge in [0.15, 0.2) is 0 Å². The third-order valence-corrected chi connectivity index (χ3v) is 2.99. The van der Waals surface area contributed by atoms with Crippen molar-refractivity contribution in [1.82, 2.24) is 10.2 Å². The van der Waals surface area contributed by atoms with Crippen LogP contribution in [0.1, 0.15) is 46.0 Å². The summed E-state index contributed by atoms with van der Waals surface area (Å²) in [5, 5.41) is 3.28. The van der Waals surface area contributed by atoms with Crippen LogP contribution in [0.15, 0.2) is 0 Å². The van der Waals surface area contributed by atoms with Crippen LogP contribution in [0.3, 0.4) is 0 Å². The fraction of sp³-hybridized carbons (Fsp3) is 0.917. The van der Waals surface area contributed by atoms with Crippen LogP contribution in [0.2, 0.25) is 0 Å². The summed E-state index contributed by atoms with van der Waals surface area (Å²) in [5.41, 5.74) is 0. The number of carbonyl (C=O) groups excluding carboxylic acids is 1. The molecule has 1 fully saturated rings. The second kappa shape index (κ2) is 6.83. The topological polar surface area (TPSA) is 32.3 Å². The number of hydrogen-bond donors (Lipinski definition) is 1. The largest absolute Gasteiger partial charge is 0.343 e. The molecule has 3 nitrogen and oxygen atoms in total. The Morgan fingerprint density at radius 1 is 1.27 bits per heavy atom. The molecule has 0 aromatic carbocycles. The van der Waals surface area contributed by atoms with E-state index in [4.69, 9.17) is 0 Å². The van der Waals surface area contributed by atoms with Gasteiger partial charge in [0.1, 0.15) is 0 Å². The lowest BCUT2D eigenvalue weighted by atomic mass is 10.2. The van der Waals surface area contributed by atoms with E-state index < -0.39 is 0 Å². The van der Waals surface area contributed by atoms with Crippen molar-refractivity contribution in [2.24, 2.45) is 0 Å². The van der Waals surface area contributed by atoms with Crippen molar-refractivity contribution in [3.63, 3.8) is 0 Å². The van der Waals surface area contributed by atoms with Gasteiger partial charge < -0.3 is 10.2 Å². The van der Waals surface area contributed by atoms with Gasteiger partial charge in [0.05, 0.1) is 0 Å². The molecule has 1 atom stereocenters. The fourth-order valence-electron chi connectivity index (χ4n) is 2.13. The van der Waals surface area contributed by atoms with Crippen molar-refractivity contribution in [1.29, 1.82) is 0 Å². The summed E-state index contributed by atoms with van der Waals surface area (Å²) >= 11 is 0. The highest BCUT2D eigenvalue weighted by Gasteiger charge is 2.17. The maximum Gasteiger partial charge on any atom is 0.224 e. The normalized spacial score (nSPS) is 19.7. The zero-order chi connectivity index (χ0) is 11.1. The molecule has 0 aromatic rings. The molecule has 0 aromatic heterocycles. The highest BCUT2D eigenvalue weighted by molar-refractivity contribution is 5.76. The minimum Gasteiger partial charge on any atom is -0.343 e. The van der Waals surface area contributed by atoms with Crippen molar-refractivity contribution in [3.8, 4) is 0 Å². The van der Waals surface area contributed by atoms with Crippen LogP contribution in [0.4, 0.5) is 0 Å². The van der Waals surface area contributed by atoms with Crippen molar-refractivity contribution in [2.45, 2.75) is 52.0 Å². The maximum atomic E-state index is 11.9. The van der Waals surface area contributed by atoms with E-state index in [2.05, 4.69) is 19.2 Å². The second-order valence-corrected chi connectivity index (χ2v) is 4.46. The highest BCUT2D eigenvalue weighted by Crippen LogP contribution is 2.11. The van der Waals surface area contributed by atoms with E-state index in [1.165, 1.54) is 25.7 Å². The Kier molecular flexibility index (Phi) is 5.69. The lowest BCUT2D eigenvalue weighted by molar-refractivity contribution is -0.131. The Balaban J connectivity index is 2.30. The van der Waals surface area contributed by atoms with Gasteiger partial charge in [-0.2, -0.15) is 0 Å². The van der Waals surface area contributed by atoms with E-state index in [1.54, 1.807) is 0 Å². The number of hydrogen-bond acceptors (Lipinski definition) is 2. The standard InChI is InChI=1S/C12H24N2O/c1-3-13-11(2)10-12(15)14-8-6-4-5-7-9-14/h11,13H,3-10H2,1-2H3. The first-order valence-electron chi connectivity index (χ1n) is 6.25. The first-order valence-corrected chi connectivity index (χ1v) is 6.25. The third-order valence-electron chi connectivity index (χ3n) is 2.99. The molecule has 0 spiro atoms. The molecule has 15 heavy (non-hydrogen) atoms. The van der Waals surface area contributed by atoms with Crippen molar-refractivity contribution in [3.05, 3.63) is 0 Å². The fourth-order valence-corrected chi connectivity index (χ4v) is 2.13. The van der Waals surface area contributed by atoms with E-state index in [-0.39, 0.29) is 0 Å². The Morgan fingerprint density at radius 3 is 2.40 bits per heavy atom. The van der Waals surface area contributed by atoms with E-state index in [0.717, 1.165) is 19.6 Å². The summed E-state index contributed by atoms with van der Waals surface area (Å²) in [6.07, 6.45) is 5.58. The number of amides is 1. The quantitative estimate of drug-likeness (QED) is 0.770. The number of nitrogens with one attached hydrogen (secondary N) is 1. The van der Waals surface area contributed by atoms with Crippen molar-refractivity contribution in [2.75, 3.05) is 19.6 Å². The molecule has 1 amide bonds. The summed E-state index contributed by atoms with van der Waals surface area (Å²) in [6.45, 7) is 7.04. The van der Waals surface area contributed by atoms with Gasteiger partial charge in [0.25, 0.3) is 0 Å². The molecule has 1 rings (SSSR count). The van der Waals surface area contributed by atoms with Crippen molar-refractivity contribution < 1.29 is 4.79 Å². The first-order chi connectivity index (χ1) is 7.24. The SMILES string of the molecule is CCNC(C)CC(=O)N1CCCCCC1. The molecule has 1 saturated heterocycles. The summed E-state index contributed by atoms with van der Waals surface area (Å²) in [4.78, 5) is 14.0. The Morgan fingerprint density at radius 2 is 1.87 bits per heavy atom. The Labute approximate surface area is 93.2 Å². The van der Waals surface area contributed by atoms with E-state index in [9.17, 15) is 4.79 Å². The molecule has 88 valence electrons. The third kappa shape index (κ3) is 4.65. The smallest absolute Gasteiger partial charge is 0.224 e. The summed E-state index contributed by atoms with van der Waals surface area (Å²) in [5.74, 6) is 0.324. The van der Waals surface area contributed by atoms with Crippen LogP contribution in [0.25, 0.3) is 0 Å². The maximum absolute atomic E-state index is 11.9. The van der Waals surface area contributed by atoms with Gasteiger partial charge >= 0.3 is 0 Å². The lowest BCUT2D eigenvalue weighted by Gasteiger charge is -2.22. The molecule has 0 aliphatic carbocycles. The summed E-state index contributed by atoms with van der Waals surface area (Å²) in [6, 6.07) is 0.311. The monoisotopic (exact) mass is 212 g/mol.